The summed E-state index contributed by atoms with van der Waals surface area (Å²) in [5.41, 5.74) is 0.624. The molecule has 3 aromatic carbocycles. The number of carbonyl (C=O) groups excluding carboxylic acids is 2. The van der Waals surface area contributed by atoms with Gasteiger partial charge in [0.25, 0.3) is 0 Å². The standard InChI is InChI=1S/C27H23NO4S/c1-3-20-17-28(33(31,32)21-15-13-18(2)14-16-21)24(19-9-5-4-6-10-19)27(20)25(29)22-11-7-8-12-23(22)26(27)30/h3-16,20,24H,1,17H2,2H3/t20-,24+/m1/s1. The Labute approximate surface area is 193 Å². The quantitative estimate of drug-likeness (QED) is 0.424. The third kappa shape index (κ3) is 2.91. The molecule has 1 heterocycles. The average molecular weight is 458 g/mol. The predicted molar refractivity (Wildman–Crippen MR) is 125 cm³/mol. The van der Waals surface area contributed by atoms with Crippen LogP contribution in [0.2, 0.25) is 0 Å². The van der Waals surface area contributed by atoms with Crippen LogP contribution in [0.1, 0.15) is 37.9 Å². The number of hydrogen-bond acceptors (Lipinski definition) is 4. The van der Waals surface area contributed by atoms with Crippen molar-refractivity contribution in [3.8, 4) is 0 Å². The van der Waals surface area contributed by atoms with E-state index in [1.807, 2.05) is 13.0 Å². The van der Waals surface area contributed by atoms with Crippen LogP contribution in [0.5, 0.6) is 0 Å². The van der Waals surface area contributed by atoms with E-state index in [1.54, 1.807) is 78.9 Å². The molecule has 1 aliphatic carbocycles. The molecule has 5 rings (SSSR count). The Morgan fingerprint density at radius 3 is 1.97 bits per heavy atom. The zero-order valence-corrected chi connectivity index (χ0v) is 19.0. The number of carbonyl (C=O) groups is 2. The maximum absolute atomic E-state index is 13.9. The van der Waals surface area contributed by atoms with E-state index < -0.39 is 27.4 Å². The molecule has 0 amide bonds. The minimum Gasteiger partial charge on any atom is -0.293 e. The highest BCUT2D eigenvalue weighted by Gasteiger charge is 2.68. The van der Waals surface area contributed by atoms with Crippen LogP contribution in [0.15, 0.2) is 96.4 Å². The van der Waals surface area contributed by atoms with Crippen LogP contribution >= 0.6 is 0 Å². The maximum atomic E-state index is 13.9. The van der Waals surface area contributed by atoms with Gasteiger partial charge in [0.05, 0.1) is 10.9 Å². The molecule has 0 radical (unpaired) electrons. The number of fused-ring (bicyclic) bond motifs is 1. The summed E-state index contributed by atoms with van der Waals surface area (Å²) >= 11 is 0. The second kappa shape index (κ2) is 7.61. The summed E-state index contributed by atoms with van der Waals surface area (Å²) in [5.74, 6) is -1.36. The SMILES string of the molecule is C=C[C@@H]1CN(S(=O)(=O)c2ccc(C)cc2)[C@@H](c2ccccc2)C12C(=O)c1ccccc1C2=O. The number of nitrogens with zero attached hydrogens (tertiary/aromatic N) is 1. The van der Waals surface area contributed by atoms with Crippen molar-refractivity contribution in [3.63, 3.8) is 0 Å². The molecular formula is C27H23NO4S. The summed E-state index contributed by atoms with van der Waals surface area (Å²) in [6.07, 6.45) is 1.56. The van der Waals surface area contributed by atoms with Crippen molar-refractivity contribution >= 4 is 21.6 Å². The highest BCUT2D eigenvalue weighted by atomic mass is 32.2. The Balaban J connectivity index is 1.77. The first-order valence-corrected chi connectivity index (χ1v) is 12.2. The first-order chi connectivity index (χ1) is 15.8. The Morgan fingerprint density at radius 2 is 1.42 bits per heavy atom. The van der Waals surface area contributed by atoms with E-state index >= 15 is 0 Å². The molecule has 2 aliphatic rings. The van der Waals surface area contributed by atoms with Crippen LogP contribution in [0.4, 0.5) is 0 Å². The normalized spacial score (nSPS) is 22.0. The number of hydrogen-bond donors (Lipinski definition) is 0. The van der Waals surface area contributed by atoms with Gasteiger partial charge in [-0.05, 0) is 24.6 Å². The van der Waals surface area contributed by atoms with Gasteiger partial charge in [-0.2, -0.15) is 4.31 Å². The third-order valence-electron chi connectivity index (χ3n) is 6.88. The Kier molecular flexibility index (Phi) is 4.96. The fourth-order valence-electron chi connectivity index (χ4n) is 5.29. The first kappa shape index (κ1) is 21.5. The second-order valence-electron chi connectivity index (χ2n) is 8.62. The van der Waals surface area contributed by atoms with Crippen LogP contribution in [-0.4, -0.2) is 30.8 Å². The van der Waals surface area contributed by atoms with Crippen molar-refractivity contribution in [2.24, 2.45) is 11.3 Å². The number of Topliss-reactive ketones (excluding diaryl/α,β-unsaturated/α-hetero) is 2. The molecule has 0 unspecified atom stereocenters. The van der Waals surface area contributed by atoms with E-state index in [4.69, 9.17) is 0 Å². The molecule has 5 nitrogen and oxygen atoms in total. The van der Waals surface area contributed by atoms with Crippen LogP contribution in [0, 0.1) is 18.3 Å². The summed E-state index contributed by atoms with van der Waals surface area (Å²) in [5, 5.41) is 0. The zero-order valence-electron chi connectivity index (χ0n) is 18.1. The van der Waals surface area contributed by atoms with Gasteiger partial charge >= 0.3 is 0 Å². The second-order valence-corrected chi connectivity index (χ2v) is 10.5. The van der Waals surface area contributed by atoms with Gasteiger partial charge in [-0.1, -0.05) is 78.4 Å². The fourth-order valence-corrected chi connectivity index (χ4v) is 6.97. The smallest absolute Gasteiger partial charge is 0.243 e. The largest absolute Gasteiger partial charge is 0.293 e. The van der Waals surface area contributed by atoms with Crippen LogP contribution in [0.3, 0.4) is 0 Å². The molecule has 1 spiro atoms. The summed E-state index contributed by atoms with van der Waals surface area (Å²) in [4.78, 5) is 28.0. The Hall–Kier alpha value is -3.35. The number of sulfonamides is 1. The number of benzene rings is 3. The lowest BCUT2D eigenvalue weighted by Crippen LogP contribution is -2.44. The van der Waals surface area contributed by atoms with Crippen molar-refractivity contribution in [3.05, 3.63) is 114 Å². The summed E-state index contributed by atoms with van der Waals surface area (Å²) < 4.78 is 29.1. The van der Waals surface area contributed by atoms with E-state index in [0.717, 1.165) is 5.56 Å². The highest BCUT2D eigenvalue weighted by Crippen LogP contribution is 2.59. The number of rotatable bonds is 4. The van der Waals surface area contributed by atoms with Gasteiger partial charge in [0, 0.05) is 23.6 Å². The third-order valence-corrected chi connectivity index (χ3v) is 8.72. The average Bonchev–Trinajstić information content (AvgIpc) is 3.30. The number of ketones is 2. The molecule has 1 saturated heterocycles. The van der Waals surface area contributed by atoms with E-state index in [1.165, 1.54) is 4.31 Å². The first-order valence-electron chi connectivity index (χ1n) is 10.8. The van der Waals surface area contributed by atoms with E-state index in [2.05, 4.69) is 6.58 Å². The molecule has 0 aromatic heterocycles. The maximum Gasteiger partial charge on any atom is 0.243 e. The molecule has 6 heteroatoms. The summed E-state index contributed by atoms with van der Waals surface area (Å²) in [6.45, 7) is 5.77. The van der Waals surface area contributed by atoms with Gasteiger partial charge in [0.1, 0.15) is 5.41 Å². The van der Waals surface area contributed by atoms with Gasteiger partial charge in [0.15, 0.2) is 11.6 Å². The molecule has 33 heavy (non-hydrogen) atoms. The van der Waals surface area contributed by atoms with E-state index in [0.29, 0.717) is 16.7 Å². The van der Waals surface area contributed by atoms with Crippen molar-refractivity contribution in [2.75, 3.05) is 6.54 Å². The predicted octanol–water partition coefficient (Wildman–Crippen LogP) is 4.61. The monoisotopic (exact) mass is 457 g/mol. The zero-order chi connectivity index (χ0) is 23.4. The molecule has 0 saturated carbocycles. The molecule has 1 aliphatic heterocycles. The number of aryl methyl sites for hydroxylation is 1. The van der Waals surface area contributed by atoms with Gasteiger partial charge in [-0.3, -0.25) is 9.59 Å². The fraction of sp³-hybridized carbons (Fsp3) is 0.185. The van der Waals surface area contributed by atoms with Crippen LogP contribution in [0.25, 0.3) is 0 Å². The van der Waals surface area contributed by atoms with Crippen LogP contribution in [-0.2, 0) is 10.0 Å². The molecule has 1 fully saturated rings. The molecule has 2 atom stereocenters. The van der Waals surface area contributed by atoms with Gasteiger partial charge in [-0.25, -0.2) is 8.42 Å². The van der Waals surface area contributed by atoms with Gasteiger partial charge < -0.3 is 0 Å². The molecule has 3 aromatic rings. The van der Waals surface area contributed by atoms with Crippen molar-refractivity contribution in [2.45, 2.75) is 17.9 Å². The van der Waals surface area contributed by atoms with E-state index in [9.17, 15) is 18.0 Å². The Morgan fingerprint density at radius 1 is 0.879 bits per heavy atom. The van der Waals surface area contributed by atoms with Crippen molar-refractivity contribution < 1.29 is 18.0 Å². The van der Waals surface area contributed by atoms with E-state index in [-0.39, 0.29) is 23.0 Å². The van der Waals surface area contributed by atoms with Crippen LogP contribution < -0.4 is 0 Å². The molecular weight excluding hydrogens is 434 g/mol. The minimum absolute atomic E-state index is 0.00919. The molecule has 0 N–H and O–H groups in total. The summed E-state index contributed by atoms with van der Waals surface area (Å²) in [7, 11) is -4.01. The Bertz CT molecular complexity index is 1340. The van der Waals surface area contributed by atoms with Gasteiger partial charge in [-0.15, -0.1) is 6.58 Å². The summed E-state index contributed by atoms with van der Waals surface area (Å²) in [6, 6.07) is 21.3. The topological polar surface area (TPSA) is 71.5 Å². The minimum atomic E-state index is -4.01. The lowest BCUT2D eigenvalue weighted by Gasteiger charge is -2.34. The van der Waals surface area contributed by atoms with Gasteiger partial charge in [0.2, 0.25) is 10.0 Å². The van der Waals surface area contributed by atoms with Crippen molar-refractivity contribution in [1.29, 1.82) is 0 Å². The lowest BCUT2D eigenvalue weighted by molar-refractivity contribution is 0.0611. The molecule has 166 valence electrons. The molecule has 0 bridgehead atoms. The van der Waals surface area contributed by atoms with Crippen molar-refractivity contribution in [1.82, 2.24) is 4.31 Å². The lowest BCUT2D eigenvalue weighted by atomic mass is 9.67. The highest BCUT2D eigenvalue weighted by molar-refractivity contribution is 7.89.